The number of rotatable bonds is 9. The lowest BCUT2D eigenvalue weighted by Gasteiger charge is -2.40. The Hall–Kier alpha value is -3.69. The van der Waals surface area contributed by atoms with E-state index < -0.39 is 73.7 Å². The standard InChI is InChI=1S/C30H33F7N2O6S/c1-30(29(42)43)9-7-18(8-10-30)45-23-13-19(22(44-2)14-21(23)32)27(40)39-26-16-4-3-15(11-16)25(26)28(41)38-17-5-6-20(31)24(12-17)46(33,34,35,36)37/h5-6,12-16,18,25-26H,3-4,7-11H2,1-2H3,(H,38,41)(H,39,40)(H,42,43)/t15-,16+,18-,25+,26-,30+/m0/s1. The van der Waals surface area contributed by atoms with Crippen molar-refractivity contribution in [2.45, 2.75) is 68.9 Å². The number of carboxylic acid groups (broad SMARTS) is 1. The van der Waals surface area contributed by atoms with Crippen LogP contribution in [0, 0.1) is 34.8 Å². The first kappa shape index (κ1) is 33.7. The SMILES string of the molecule is COc1cc(F)c(O[C@H]2CC[C@@](C)(C(=O)O)CC2)cc1C(=O)N[C@H]1[C@@H]2CC[C@@H](C2)[C@H]1C(=O)Nc1ccc(F)c(S(F)(F)(F)(F)F)c1. The highest BCUT2D eigenvalue weighted by Gasteiger charge is 2.67. The molecule has 0 saturated heterocycles. The van der Waals surface area contributed by atoms with Gasteiger partial charge in [0.05, 0.1) is 30.1 Å². The second kappa shape index (κ2) is 10.9. The smallest absolute Gasteiger partial charge is 0.313 e. The zero-order valence-corrected chi connectivity index (χ0v) is 25.6. The van der Waals surface area contributed by atoms with Crippen LogP contribution >= 0.6 is 10.2 Å². The summed E-state index contributed by atoms with van der Waals surface area (Å²) in [6, 6.07) is 2.09. The maximum atomic E-state index is 15.0. The molecule has 3 fully saturated rings. The number of hydrogen-bond acceptors (Lipinski definition) is 5. The number of aliphatic carboxylic acids is 1. The van der Waals surface area contributed by atoms with Crippen LogP contribution in [0.5, 0.6) is 11.5 Å². The number of fused-ring (bicyclic) bond motifs is 2. The molecule has 3 N–H and O–H groups in total. The monoisotopic (exact) mass is 682 g/mol. The second-order valence-electron chi connectivity index (χ2n) is 12.6. The zero-order chi connectivity index (χ0) is 33.9. The third kappa shape index (κ3) is 6.72. The Bertz CT molecular complexity index is 1580. The first-order valence-electron chi connectivity index (χ1n) is 14.6. The van der Waals surface area contributed by atoms with Gasteiger partial charge in [-0.2, -0.15) is 0 Å². The minimum Gasteiger partial charge on any atom is -0.496 e. The topological polar surface area (TPSA) is 114 Å². The van der Waals surface area contributed by atoms with Gasteiger partial charge in [0.25, 0.3) is 5.91 Å². The summed E-state index contributed by atoms with van der Waals surface area (Å²) >= 11 is 0. The normalized spacial score (nSPS) is 28.9. The van der Waals surface area contributed by atoms with Crippen LogP contribution in [0.25, 0.3) is 0 Å². The van der Waals surface area contributed by atoms with Gasteiger partial charge in [-0.3, -0.25) is 14.4 Å². The molecule has 3 saturated carbocycles. The van der Waals surface area contributed by atoms with Gasteiger partial charge in [0.2, 0.25) is 5.91 Å². The Labute approximate surface area is 259 Å². The molecule has 254 valence electrons. The lowest BCUT2D eigenvalue weighted by atomic mass is 9.75. The molecular formula is C30H33F7N2O6S. The van der Waals surface area contributed by atoms with E-state index >= 15 is 0 Å². The van der Waals surface area contributed by atoms with Gasteiger partial charge in [-0.1, -0.05) is 19.4 Å². The minimum absolute atomic E-state index is 0.119. The number of halogens is 7. The summed E-state index contributed by atoms with van der Waals surface area (Å²) in [5, 5.41) is 14.4. The van der Waals surface area contributed by atoms with Crippen molar-refractivity contribution in [2.24, 2.45) is 23.2 Å². The summed E-state index contributed by atoms with van der Waals surface area (Å²) < 4.78 is 107. The van der Waals surface area contributed by atoms with Gasteiger partial charge in [-0.25, -0.2) is 8.78 Å². The number of hydrogen-bond donors (Lipinski definition) is 3. The number of nitrogens with one attached hydrogen (secondary N) is 2. The summed E-state index contributed by atoms with van der Waals surface area (Å²) in [4.78, 5) is 35.7. The highest BCUT2D eigenvalue weighted by molar-refractivity contribution is 8.45. The Morgan fingerprint density at radius 3 is 2.17 bits per heavy atom. The highest BCUT2D eigenvalue weighted by atomic mass is 32.5. The number of carbonyl (C=O) groups is 3. The van der Waals surface area contributed by atoms with Gasteiger partial charge in [0, 0.05) is 17.8 Å². The average molecular weight is 683 g/mol. The van der Waals surface area contributed by atoms with Crippen LogP contribution in [0.4, 0.5) is 33.9 Å². The number of carbonyl (C=O) groups excluding carboxylic acids is 2. The molecule has 46 heavy (non-hydrogen) atoms. The highest BCUT2D eigenvalue weighted by Crippen LogP contribution is 3.02. The van der Waals surface area contributed by atoms with Crippen LogP contribution < -0.4 is 20.1 Å². The molecule has 0 aliphatic heterocycles. The number of methoxy groups -OCH3 is 1. The minimum atomic E-state index is -10.4. The van der Waals surface area contributed by atoms with Crippen LogP contribution in [-0.2, 0) is 9.59 Å². The molecule has 3 aliphatic carbocycles. The Balaban J connectivity index is 1.34. The molecule has 0 unspecified atom stereocenters. The first-order chi connectivity index (χ1) is 21.2. The van der Waals surface area contributed by atoms with E-state index in [1.807, 2.05) is 0 Å². The predicted molar refractivity (Wildman–Crippen MR) is 154 cm³/mol. The quantitative estimate of drug-likeness (QED) is 0.233. The third-order valence-corrected chi connectivity index (χ3v) is 10.6. The summed E-state index contributed by atoms with van der Waals surface area (Å²) in [6.45, 7) is 1.63. The van der Waals surface area contributed by atoms with Gasteiger partial charge >= 0.3 is 16.2 Å². The molecule has 3 aliphatic rings. The maximum Gasteiger partial charge on any atom is 0.313 e. The van der Waals surface area contributed by atoms with Crippen molar-refractivity contribution in [2.75, 3.05) is 12.4 Å². The van der Waals surface area contributed by atoms with Gasteiger partial charge in [0.1, 0.15) is 16.5 Å². The van der Waals surface area contributed by atoms with Crippen LogP contribution in [-0.4, -0.2) is 42.1 Å². The third-order valence-electron chi connectivity index (χ3n) is 9.48. The van der Waals surface area contributed by atoms with E-state index in [1.54, 1.807) is 6.92 Å². The Kier molecular flexibility index (Phi) is 8.01. The zero-order valence-electron chi connectivity index (χ0n) is 24.8. The molecule has 16 heteroatoms. The summed E-state index contributed by atoms with van der Waals surface area (Å²) in [5.41, 5.74) is -1.72. The Morgan fingerprint density at radius 1 is 0.913 bits per heavy atom. The van der Waals surface area contributed by atoms with Gasteiger partial charge in [-0.05, 0) is 88.0 Å². The van der Waals surface area contributed by atoms with E-state index in [2.05, 4.69) is 10.6 Å². The van der Waals surface area contributed by atoms with Crippen LogP contribution in [0.3, 0.4) is 0 Å². The summed E-state index contributed by atoms with van der Waals surface area (Å²) in [7, 11) is -9.18. The number of ether oxygens (including phenoxy) is 2. The lowest BCUT2D eigenvalue weighted by molar-refractivity contribution is -0.150. The van der Waals surface area contributed by atoms with E-state index in [0.717, 1.165) is 18.2 Å². The molecule has 0 spiro atoms. The van der Waals surface area contributed by atoms with Gasteiger partial charge < -0.3 is 25.2 Å². The van der Waals surface area contributed by atoms with Gasteiger partial charge in [0.15, 0.2) is 11.6 Å². The summed E-state index contributed by atoms with van der Waals surface area (Å²) in [5.74, 6) is -7.32. The molecule has 2 bridgehead atoms. The molecule has 0 heterocycles. The molecule has 5 rings (SSSR count). The average Bonchev–Trinajstić information content (AvgIpc) is 3.56. The van der Waals surface area contributed by atoms with Crippen LogP contribution in [0.1, 0.15) is 62.2 Å². The maximum absolute atomic E-state index is 15.0. The van der Waals surface area contributed by atoms with E-state index in [0.29, 0.717) is 44.9 Å². The Morgan fingerprint density at radius 2 is 1.57 bits per heavy atom. The number of anilines is 1. The van der Waals surface area contributed by atoms with Crippen molar-refractivity contribution in [1.29, 1.82) is 0 Å². The van der Waals surface area contributed by atoms with Crippen LogP contribution in [0.15, 0.2) is 35.2 Å². The number of benzene rings is 2. The molecule has 8 nitrogen and oxygen atoms in total. The van der Waals surface area contributed by atoms with Crippen molar-refractivity contribution >= 4 is 33.7 Å². The summed E-state index contributed by atoms with van der Waals surface area (Å²) in [6.07, 6.45) is 2.53. The molecule has 2 aromatic rings. The van der Waals surface area contributed by atoms with Crippen molar-refractivity contribution in [3.05, 3.63) is 47.5 Å². The van der Waals surface area contributed by atoms with Gasteiger partial charge in [-0.15, -0.1) is 0 Å². The fourth-order valence-electron chi connectivity index (χ4n) is 6.92. The largest absolute Gasteiger partial charge is 0.496 e. The number of carboxylic acids is 1. The van der Waals surface area contributed by atoms with E-state index in [9.17, 15) is 47.7 Å². The fourth-order valence-corrected chi connectivity index (χ4v) is 7.71. The first-order valence-corrected chi connectivity index (χ1v) is 16.6. The van der Waals surface area contributed by atoms with E-state index in [1.165, 1.54) is 7.11 Å². The molecule has 0 radical (unpaired) electrons. The predicted octanol–water partition coefficient (Wildman–Crippen LogP) is 7.83. The van der Waals surface area contributed by atoms with Crippen molar-refractivity contribution in [3.63, 3.8) is 0 Å². The molecule has 0 aromatic heterocycles. The van der Waals surface area contributed by atoms with Crippen molar-refractivity contribution in [1.82, 2.24) is 5.32 Å². The lowest BCUT2D eigenvalue weighted by Crippen LogP contribution is -2.48. The van der Waals surface area contributed by atoms with Crippen molar-refractivity contribution in [3.8, 4) is 11.5 Å². The molecule has 2 amide bonds. The van der Waals surface area contributed by atoms with E-state index in [4.69, 9.17) is 9.47 Å². The van der Waals surface area contributed by atoms with Crippen LogP contribution in [0.2, 0.25) is 0 Å². The molecular weight excluding hydrogens is 649 g/mol. The molecule has 2 aromatic carbocycles. The fraction of sp³-hybridized carbons (Fsp3) is 0.500. The number of amides is 2. The second-order valence-corrected chi connectivity index (χ2v) is 15.0. The van der Waals surface area contributed by atoms with E-state index in [-0.39, 0.29) is 41.0 Å². The molecule has 4 atom stereocenters. The van der Waals surface area contributed by atoms with Crippen molar-refractivity contribution < 1.29 is 57.2 Å².